The summed E-state index contributed by atoms with van der Waals surface area (Å²) in [5.41, 5.74) is 2.40. The van der Waals surface area contributed by atoms with Crippen molar-refractivity contribution in [2.24, 2.45) is 7.05 Å². The van der Waals surface area contributed by atoms with Gasteiger partial charge in [0.1, 0.15) is 11.6 Å². The van der Waals surface area contributed by atoms with Gasteiger partial charge in [0.15, 0.2) is 5.82 Å². The second-order valence-electron chi connectivity index (χ2n) is 10.5. The predicted octanol–water partition coefficient (Wildman–Crippen LogP) is 3.65. The van der Waals surface area contributed by atoms with Gasteiger partial charge in [0.25, 0.3) is 5.91 Å². The van der Waals surface area contributed by atoms with Gasteiger partial charge < -0.3 is 25.0 Å². The minimum atomic E-state index is -0.500. The minimum Gasteiger partial charge on any atom is -0.460 e. The molecule has 2 aliphatic heterocycles. The molecule has 0 spiro atoms. The number of aryl methyl sites for hydroxylation is 1. The first-order valence-electron chi connectivity index (χ1n) is 13.3. The predicted molar refractivity (Wildman–Crippen MR) is 147 cm³/mol. The van der Waals surface area contributed by atoms with Crippen LogP contribution in [-0.2, 0) is 11.8 Å². The Morgan fingerprint density at radius 1 is 1.15 bits per heavy atom. The maximum atomic E-state index is 14.7. The summed E-state index contributed by atoms with van der Waals surface area (Å²) in [6, 6.07) is 7.54. The summed E-state index contributed by atoms with van der Waals surface area (Å²) >= 11 is 0. The molecule has 0 bridgehead atoms. The molecule has 2 unspecified atom stereocenters. The Morgan fingerprint density at radius 3 is 2.69 bits per heavy atom. The molecule has 0 aliphatic carbocycles. The Bertz CT molecular complexity index is 1520. The van der Waals surface area contributed by atoms with Gasteiger partial charge in [-0.1, -0.05) is 0 Å². The molecule has 10 nitrogen and oxygen atoms in total. The van der Waals surface area contributed by atoms with Gasteiger partial charge in [0.2, 0.25) is 0 Å². The highest BCUT2D eigenvalue weighted by Gasteiger charge is 2.25. The molecule has 2 aromatic carbocycles. The summed E-state index contributed by atoms with van der Waals surface area (Å²) in [6.45, 7) is 7.20. The van der Waals surface area contributed by atoms with Crippen LogP contribution in [0.3, 0.4) is 0 Å². The van der Waals surface area contributed by atoms with E-state index in [1.165, 1.54) is 6.07 Å². The molecule has 11 heteroatoms. The molecule has 2 atom stereocenters. The molecule has 4 aromatic rings. The molecule has 2 saturated heterocycles. The van der Waals surface area contributed by atoms with Gasteiger partial charge in [-0.2, -0.15) is 10.1 Å². The lowest BCUT2D eigenvalue weighted by Crippen LogP contribution is -2.54. The van der Waals surface area contributed by atoms with E-state index in [1.807, 2.05) is 6.07 Å². The molecular weight excluding hydrogens is 501 g/mol. The zero-order valence-electron chi connectivity index (χ0n) is 22.3. The van der Waals surface area contributed by atoms with E-state index < -0.39 is 11.7 Å². The number of benzene rings is 2. The molecular formula is C28H32FN7O3. The number of nitrogens with one attached hydrogen (secondary N) is 2. The first kappa shape index (κ1) is 25.4. The summed E-state index contributed by atoms with van der Waals surface area (Å²) in [6.07, 6.45) is 4.92. The first-order valence-corrected chi connectivity index (χ1v) is 13.3. The molecule has 4 heterocycles. The number of aromatic nitrogens is 4. The van der Waals surface area contributed by atoms with Crippen LogP contribution in [0, 0.1) is 5.82 Å². The summed E-state index contributed by atoms with van der Waals surface area (Å²) in [5, 5.41) is 11.9. The average Bonchev–Trinajstić information content (AvgIpc) is 3.28. The van der Waals surface area contributed by atoms with Crippen molar-refractivity contribution in [3.63, 3.8) is 0 Å². The maximum absolute atomic E-state index is 14.7. The zero-order chi connectivity index (χ0) is 27.1. The molecule has 6 rings (SSSR count). The fourth-order valence-corrected chi connectivity index (χ4v) is 5.55. The van der Waals surface area contributed by atoms with E-state index in [4.69, 9.17) is 14.5 Å². The zero-order valence-corrected chi connectivity index (χ0v) is 22.3. The number of piperazine rings is 1. The molecule has 39 heavy (non-hydrogen) atoms. The van der Waals surface area contributed by atoms with E-state index in [0.717, 1.165) is 37.0 Å². The molecule has 2 N–H and O–H groups in total. The number of anilines is 2. The number of hydrogen-bond acceptors (Lipinski definition) is 8. The number of amides is 1. The number of nitrogens with zero attached hydrogens (tertiary/aromatic N) is 5. The Labute approximate surface area is 225 Å². The van der Waals surface area contributed by atoms with Crippen molar-refractivity contribution in [1.82, 2.24) is 25.1 Å². The van der Waals surface area contributed by atoms with Crippen LogP contribution in [0.4, 0.5) is 15.8 Å². The molecule has 2 aliphatic rings. The van der Waals surface area contributed by atoms with Crippen molar-refractivity contribution in [3.05, 3.63) is 48.0 Å². The number of ether oxygens (including phenoxy) is 2. The van der Waals surface area contributed by atoms with Crippen LogP contribution in [0.25, 0.3) is 21.8 Å². The van der Waals surface area contributed by atoms with Gasteiger partial charge in [-0.3, -0.25) is 9.48 Å². The van der Waals surface area contributed by atoms with Crippen molar-refractivity contribution in [3.8, 4) is 6.01 Å². The van der Waals surface area contributed by atoms with Crippen LogP contribution in [0.5, 0.6) is 6.01 Å². The topological polar surface area (TPSA) is 106 Å². The average molecular weight is 534 g/mol. The third-order valence-corrected chi connectivity index (χ3v) is 7.22. The normalized spacial score (nSPS) is 20.5. The molecule has 1 amide bonds. The lowest BCUT2D eigenvalue weighted by molar-refractivity contribution is 0.0218. The lowest BCUT2D eigenvalue weighted by atomic mass is 10.0. The Morgan fingerprint density at radius 2 is 1.92 bits per heavy atom. The van der Waals surface area contributed by atoms with E-state index in [9.17, 15) is 9.18 Å². The largest absolute Gasteiger partial charge is 0.460 e. The van der Waals surface area contributed by atoms with Gasteiger partial charge in [0, 0.05) is 79.6 Å². The SMILES string of the molecule is CC1CN(c2ccc(C(=O)Nc3cc(F)c4nn(C)cc4c3)c3nc(OC4CCOCC4)ncc23)CC(C)N1. The van der Waals surface area contributed by atoms with E-state index in [0.29, 0.717) is 47.5 Å². The Balaban J connectivity index is 1.38. The highest BCUT2D eigenvalue weighted by Crippen LogP contribution is 2.32. The van der Waals surface area contributed by atoms with E-state index in [-0.39, 0.29) is 17.6 Å². The molecule has 0 saturated carbocycles. The van der Waals surface area contributed by atoms with Crippen LogP contribution in [0.2, 0.25) is 0 Å². The highest BCUT2D eigenvalue weighted by molar-refractivity contribution is 6.14. The third-order valence-electron chi connectivity index (χ3n) is 7.22. The lowest BCUT2D eigenvalue weighted by Gasteiger charge is -2.38. The number of hydrogen-bond donors (Lipinski definition) is 2. The number of fused-ring (bicyclic) bond motifs is 2. The summed E-state index contributed by atoms with van der Waals surface area (Å²) < 4.78 is 27.7. The van der Waals surface area contributed by atoms with Crippen LogP contribution in [-0.4, -0.2) is 70.1 Å². The maximum Gasteiger partial charge on any atom is 0.317 e. The first-order chi connectivity index (χ1) is 18.8. The smallest absolute Gasteiger partial charge is 0.317 e. The number of halogens is 1. The number of carbonyl (C=O) groups is 1. The summed E-state index contributed by atoms with van der Waals surface area (Å²) in [7, 11) is 1.73. The molecule has 2 fully saturated rings. The quantitative estimate of drug-likeness (QED) is 0.401. The third kappa shape index (κ3) is 5.24. The Hall–Kier alpha value is -3.83. The fourth-order valence-electron chi connectivity index (χ4n) is 5.55. The molecule has 0 radical (unpaired) electrons. The van der Waals surface area contributed by atoms with Crippen molar-refractivity contribution < 1.29 is 18.7 Å². The van der Waals surface area contributed by atoms with Gasteiger partial charge >= 0.3 is 6.01 Å². The van der Waals surface area contributed by atoms with Gasteiger partial charge in [-0.15, -0.1) is 0 Å². The van der Waals surface area contributed by atoms with E-state index in [2.05, 4.69) is 39.5 Å². The minimum absolute atomic E-state index is 0.0410. The Kier molecular flexibility index (Phi) is 6.78. The van der Waals surface area contributed by atoms with Gasteiger partial charge in [0.05, 0.1) is 24.3 Å². The molecule has 204 valence electrons. The van der Waals surface area contributed by atoms with E-state index >= 15 is 0 Å². The number of carbonyl (C=O) groups excluding carboxylic acids is 1. The van der Waals surface area contributed by atoms with Crippen molar-refractivity contribution in [1.29, 1.82) is 0 Å². The van der Waals surface area contributed by atoms with Crippen LogP contribution < -0.4 is 20.3 Å². The second-order valence-corrected chi connectivity index (χ2v) is 10.5. The van der Waals surface area contributed by atoms with Crippen molar-refractivity contribution in [2.75, 3.05) is 36.5 Å². The van der Waals surface area contributed by atoms with Crippen LogP contribution in [0.1, 0.15) is 37.0 Å². The number of rotatable bonds is 5. The monoisotopic (exact) mass is 533 g/mol. The van der Waals surface area contributed by atoms with Crippen LogP contribution >= 0.6 is 0 Å². The second kappa shape index (κ2) is 10.4. The summed E-state index contributed by atoms with van der Waals surface area (Å²) in [5.74, 6) is -0.896. The van der Waals surface area contributed by atoms with E-state index in [1.54, 1.807) is 36.3 Å². The highest BCUT2D eigenvalue weighted by atomic mass is 19.1. The summed E-state index contributed by atoms with van der Waals surface area (Å²) in [4.78, 5) is 25.1. The van der Waals surface area contributed by atoms with Crippen molar-refractivity contribution >= 4 is 39.1 Å². The standard InChI is InChI=1S/C28H32FN7O3/c1-16-13-36(14-17(2)31-16)24-5-4-21(26-22(24)12-30-28(33-26)39-20-6-8-38-9-7-20)27(37)32-19-10-18-15-35(3)34-25(18)23(29)11-19/h4-5,10-12,15-17,20,31H,6-9,13-14H2,1-3H3,(H,32,37). The van der Waals surface area contributed by atoms with Gasteiger partial charge in [-0.25, -0.2) is 9.37 Å². The van der Waals surface area contributed by atoms with Crippen LogP contribution in [0.15, 0.2) is 36.7 Å². The fraction of sp³-hybridized carbons (Fsp3) is 0.429. The van der Waals surface area contributed by atoms with Crippen molar-refractivity contribution in [2.45, 2.75) is 44.9 Å². The van der Waals surface area contributed by atoms with Gasteiger partial charge in [-0.05, 0) is 38.1 Å². The molecule has 2 aromatic heterocycles.